The van der Waals surface area contributed by atoms with Gasteiger partial charge in [-0.2, -0.15) is 0 Å². The first-order valence-corrected chi connectivity index (χ1v) is 7.02. The second kappa shape index (κ2) is 11.1. The SMILES string of the molecule is NC(=O)CC(=O)CCCCCCCCC(=O)CC(N)=O. The maximum Gasteiger partial charge on any atom is 0.224 e. The molecule has 6 heteroatoms. The predicted octanol–water partition coefficient (Wildman–Crippen LogP) is 0.996. The average Bonchev–Trinajstić information content (AvgIpc) is 2.30. The minimum absolute atomic E-state index is 0.102. The Morgan fingerprint density at radius 1 is 0.550 bits per heavy atom. The molecule has 20 heavy (non-hydrogen) atoms. The molecule has 0 aromatic rings. The fourth-order valence-electron chi connectivity index (χ4n) is 1.92. The molecule has 0 saturated carbocycles. The number of rotatable bonds is 13. The van der Waals surface area contributed by atoms with Crippen LogP contribution < -0.4 is 11.5 Å². The average molecular weight is 284 g/mol. The number of carbonyl (C=O) groups excluding carboxylic acids is 4. The van der Waals surface area contributed by atoms with Crippen molar-refractivity contribution in [1.82, 2.24) is 0 Å². The van der Waals surface area contributed by atoms with E-state index in [1.165, 1.54) is 0 Å². The molecule has 0 heterocycles. The van der Waals surface area contributed by atoms with E-state index >= 15 is 0 Å². The molecule has 6 nitrogen and oxygen atoms in total. The van der Waals surface area contributed by atoms with E-state index < -0.39 is 11.8 Å². The lowest BCUT2D eigenvalue weighted by Gasteiger charge is -2.01. The van der Waals surface area contributed by atoms with E-state index in [0.29, 0.717) is 12.8 Å². The number of hydrogen-bond donors (Lipinski definition) is 2. The molecule has 0 saturated heterocycles. The summed E-state index contributed by atoms with van der Waals surface area (Å²) >= 11 is 0. The van der Waals surface area contributed by atoms with Crippen LogP contribution in [0.25, 0.3) is 0 Å². The predicted molar refractivity (Wildman–Crippen MR) is 74.6 cm³/mol. The van der Waals surface area contributed by atoms with Crippen molar-refractivity contribution >= 4 is 23.4 Å². The molecule has 0 aliphatic rings. The molecular formula is C14H24N2O4. The number of ketones is 2. The number of primary amides is 2. The van der Waals surface area contributed by atoms with Crippen LogP contribution in [0.5, 0.6) is 0 Å². The van der Waals surface area contributed by atoms with Gasteiger partial charge in [-0.3, -0.25) is 19.2 Å². The van der Waals surface area contributed by atoms with E-state index in [1.807, 2.05) is 0 Å². The van der Waals surface area contributed by atoms with Gasteiger partial charge in [0.2, 0.25) is 11.8 Å². The molecular weight excluding hydrogens is 260 g/mol. The van der Waals surface area contributed by atoms with Gasteiger partial charge in [-0.15, -0.1) is 0 Å². The van der Waals surface area contributed by atoms with Gasteiger partial charge in [-0.05, 0) is 12.8 Å². The summed E-state index contributed by atoms with van der Waals surface area (Å²) in [4.78, 5) is 43.3. The Morgan fingerprint density at radius 3 is 1.15 bits per heavy atom. The standard InChI is InChI=1S/C14H24N2O4/c15-13(19)9-11(17)7-5-3-1-2-4-6-8-12(18)10-14(16)20/h1-10H2,(H2,15,19)(H2,16,20). The highest BCUT2D eigenvalue weighted by Crippen LogP contribution is 2.10. The van der Waals surface area contributed by atoms with Gasteiger partial charge < -0.3 is 11.5 Å². The first-order valence-electron chi connectivity index (χ1n) is 7.02. The Labute approximate surface area is 119 Å². The third-order valence-electron chi connectivity index (χ3n) is 2.90. The van der Waals surface area contributed by atoms with Crippen LogP contribution >= 0.6 is 0 Å². The summed E-state index contributed by atoms with van der Waals surface area (Å²) in [6, 6.07) is 0. The molecule has 0 aliphatic carbocycles. The molecule has 0 aromatic heterocycles. The van der Waals surface area contributed by atoms with Gasteiger partial charge in [0.05, 0.1) is 12.8 Å². The molecule has 4 N–H and O–H groups in total. The van der Waals surface area contributed by atoms with Gasteiger partial charge >= 0.3 is 0 Å². The Hall–Kier alpha value is -1.72. The third-order valence-corrected chi connectivity index (χ3v) is 2.90. The van der Waals surface area contributed by atoms with Crippen LogP contribution in [0.1, 0.15) is 64.2 Å². The number of nitrogens with two attached hydrogens (primary N) is 2. The largest absolute Gasteiger partial charge is 0.369 e. The van der Waals surface area contributed by atoms with E-state index in [4.69, 9.17) is 11.5 Å². The minimum atomic E-state index is -0.573. The van der Waals surface area contributed by atoms with Crippen molar-refractivity contribution in [3.05, 3.63) is 0 Å². The quantitative estimate of drug-likeness (QED) is 0.387. The van der Waals surface area contributed by atoms with Crippen molar-refractivity contribution in [2.75, 3.05) is 0 Å². The summed E-state index contributed by atoms with van der Waals surface area (Å²) in [5.41, 5.74) is 9.83. The molecule has 114 valence electrons. The molecule has 0 aromatic carbocycles. The number of amides is 2. The number of unbranched alkanes of at least 4 members (excludes halogenated alkanes) is 5. The van der Waals surface area contributed by atoms with Crippen LogP contribution in [-0.4, -0.2) is 23.4 Å². The Balaban J connectivity index is 3.33. The molecule has 0 unspecified atom stereocenters. The maximum absolute atomic E-state index is 11.2. The lowest BCUT2D eigenvalue weighted by atomic mass is 10.0. The summed E-state index contributed by atoms with van der Waals surface area (Å²) in [7, 11) is 0. The minimum Gasteiger partial charge on any atom is -0.369 e. The summed E-state index contributed by atoms with van der Waals surface area (Å²) < 4.78 is 0. The summed E-state index contributed by atoms with van der Waals surface area (Å²) in [5.74, 6) is -1.35. The van der Waals surface area contributed by atoms with Gasteiger partial charge in [0.15, 0.2) is 0 Å². The number of Topliss-reactive ketones (excluding diaryl/α,β-unsaturated/α-hetero) is 2. The fraction of sp³-hybridized carbons (Fsp3) is 0.714. The maximum atomic E-state index is 11.2. The Kier molecular flexibility index (Phi) is 10.2. The Morgan fingerprint density at radius 2 is 0.850 bits per heavy atom. The summed E-state index contributed by atoms with van der Waals surface area (Å²) in [6.07, 6.45) is 5.87. The molecule has 0 atom stereocenters. The molecule has 0 rings (SSSR count). The van der Waals surface area contributed by atoms with Gasteiger partial charge in [0.25, 0.3) is 0 Å². The highest BCUT2D eigenvalue weighted by atomic mass is 16.2. The lowest BCUT2D eigenvalue weighted by molar-refractivity contribution is -0.128. The highest BCUT2D eigenvalue weighted by molar-refractivity contribution is 5.97. The smallest absolute Gasteiger partial charge is 0.224 e. The lowest BCUT2D eigenvalue weighted by Crippen LogP contribution is -2.16. The van der Waals surface area contributed by atoms with Crippen molar-refractivity contribution in [2.24, 2.45) is 11.5 Å². The second-order valence-electron chi connectivity index (χ2n) is 4.98. The van der Waals surface area contributed by atoms with Crippen molar-refractivity contribution in [3.63, 3.8) is 0 Å². The van der Waals surface area contributed by atoms with Crippen LogP contribution in [0.15, 0.2) is 0 Å². The van der Waals surface area contributed by atoms with Crippen LogP contribution in [0.3, 0.4) is 0 Å². The first kappa shape index (κ1) is 18.3. The fourth-order valence-corrected chi connectivity index (χ4v) is 1.92. The van der Waals surface area contributed by atoms with Gasteiger partial charge in [-0.1, -0.05) is 25.7 Å². The first-order chi connectivity index (χ1) is 9.41. The Bertz CT molecular complexity index is 319. The van der Waals surface area contributed by atoms with Crippen LogP contribution in [0.4, 0.5) is 0 Å². The van der Waals surface area contributed by atoms with E-state index in [0.717, 1.165) is 38.5 Å². The second-order valence-corrected chi connectivity index (χ2v) is 4.98. The zero-order chi connectivity index (χ0) is 15.4. The molecule has 0 spiro atoms. The van der Waals surface area contributed by atoms with Crippen molar-refractivity contribution in [1.29, 1.82) is 0 Å². The van der Waals surface area contributed by atoms with Crippen molar-refractivity contribution in [3.8, 4) is 0 Å². The van der Waals surface area contributed by atoms with Crippen molar-refractivity contribution < 1.29 is 19.2 Å². The van der Waals surface area contributed by atoms with Gasteiger partial charge in [0, 0.05) is 12.8 Å². The molecule has 0 radical (unpaired) electrons. The summed E-state index contributed by atoms with van der Waals surface area (Å²) in [6.45, 7) is 0. The van der Waals surface area contributed by atoms with Crippen LogP contribution in [-0.2, 0) is 19.2 Å². The molecule has 0 aliphatic heterocycles. The van der Waals surface area contributed by atoms with Gasteiger partial charge in [-0.25, -0.2) is 0 Å². The highest BCUT2D eigenvalue weighted by Gasteiger charge is 2.06. The number of hydrogen-bond acceptors (Lipinski definition) is 4. The van der Waals surface area contributed by atoms with Crippen molar-refractivity contribution in [2.45, 2.75) is 64.2 Å². The van der Waals surface area contributed by atoms with Crippen LogP contribution in [0.2, 0.25) is 0 Å². The van der Waals surface area contributed by atoms with E-state index in [1.54, 1.807) is 0 Å². The molecule has 0 bridgehead atoms. The van der Waals surface area contributed by atoms with E-state index in [-0.39, 0.29) is 24.4 Å². The van der Waals surface area contributed by atoms with Crippen LogP contribution in [0, 0.1) is 0 Å². The zero-order valence-corrected chi connectivity index (χ0v) is 11.9. The van der Waals surface area contributed by atoms with E-state index in [2.05, 4.69) is 0 Å². The zero-order valence-electron chi connectivity index (χ0n) is 11.9. The normalized spacial score (nSPS) is 10.2. The number of carbonyl (C=O) groups is 4. The summed E-state index contributed by atoms with van der Waals surface area (Å²) in [5, 5.41) is 0. The van der Waals surface area contributed by atoms with E-state index in [9.17, 15) is 19.2 Å². The van der Waals surface area contributed by atoms with Gasteiger partial charge in [0.1, 0.15) is 11.6 Å². The third kappa shape index (κ3) is 12.7. The molecule has 0 fully saturated rings. The monoisotopic (exact) mass is 284 g/mol. The topological polar surface area (TPSA) is 120 Å². The molecule has 2 amide bonds.